The first-order valence-corrected chi connectivity index (χ1v) is 6.37. The molecule has 1 aliphatic rings. The van der Waals surface area contributed by atoms with E-state index < -0.39 is 0 Å². The molecule has 0 aliphatic carbocycles. The topological polar surface area (TPSA) is 32.3 Å². The van der Waals surface area contributed by atoms with Crippen molar-refractivity contribution in [2.75, 3.05) is 16.8 Å². The molecule has 1 heterocycles. The zero-order valence-electron chi connectivity index (χ0n) is 9.76. The van der Waals surface area contributed by atoms with Gasteiger partial charge in [0.25, 0.3) is 0 Å². The van der Waals surface area contributed by atoms with E-state index in [2.05, 4.69) is 5.32 Å². The molecule has 92 valence electrons. The smallest absolute Gasteiger partial charge is 0.249 e. The van der Waals surface area contributed by atoms with E-state index in [9.17, 15) is 4.79 Å². The Morgan fingerprint density at radius 3 is 2.65 bits per heavy atom. The minimum atomic E-state index is -0.230. The average molecular weight is 273 g/mol. The van der Waals surface area contributed by atoms with Crippen LogP contribution >= 0.6 is 23.2 Å². The molecule has 3 nitrogen and oxygen atoms in total. The molecular formula is C12H14Cl2N2O. The van der Waals surface area contributed by atoms with Gasteiger partial charge in [-0.1, -0.05) is 30.1 Å². The van der Waals surface area contributed by atoms with Gasteiger partial charge >= 0.3 is 0 Å². The van der Waals surface area contributed by atoms with Gasteiger partial charge in [0, 0.05) is 6.54 Å². The van der Waals surface area contributed by atoms with Crippen molar-refractivity contribution in [2.24, 2.45) is 0 Å². The molecule has 5 heteroatoms. The Balaban J connectivity index is 2.50. The maximum absolute atomic E-state index is 12.1. The first-order valence-electron chi connectivity index (χ1n) is 5.61. The highest BCUT2D eigenvalue weighted by atomic mass is 35.5. The van der Waals surface area contributed by atoms with Crippen molar-refractivity contribution in [1.29, 1.82) is 0 Å². The van der Waals surface area contributed by atoms with E-state index in [1.54, 1.807) is 17.0 Å². The molecule has 1 N–H and O–H groups in total. The summed E-state index contributed by atoms with van der Waals surface area (Å²) in [5.41, 5.74) is 1.67. The van der Waals surface area contributed by atoms with Gasteiger partial charge in [-0.25, -0.2) is 0 Å². The Morgan fingerprint density at radius 1 is 1.35 bits per heavy atom. The first kappa shape index (κ1) is 12.5. The summed E-state index contributed by atoms with van der Waals surface area (Å²) in [6, 6.07) is 3.28. The highest BCUT2D eigenvalue weighted by Gasteiger charge is 2.29. The monoisotopic (exact) mass is 272 g/mol. The third-order valence-corrected chi connectivity index (χ3v) is 3.51. The second kappa shape index (κ2) is 4.75. The molecule has 1 aromatic carbocycles. The third-order valence-electron chi connectivity index (χ3n) is 2.79. The highest BCUT2D eigenvalue weighted by molar-refractivity contribution is 6.42. The first-order chi connectivity index (χ1) is 8.04. The van der Waals surface area contributed by atoms with E-state index in [0.29, 0.717) is 16.6 Å². The highest BCUT2D eigenvalue weighted by Crippen LogP contribution is 2.38. The quantitative estimate of drug-likeness (QED) is 0.893. The van der Waals surface area contributed by atoms with Crippen LogP contribution < -0.4 is 10.2 Å². The molecular weight excluding hydrogens is 259 g/mol. The van der Waals surface area contributed by atoms with Crippen LogP contribution in [0.5, 0.6) is 0 Å². The van der Waals surface area contributed by atoms with E-state index in [1.807, 2.05) is 13.8 Å². The standard InChI is InChI=1S/C12H14Cl2N2O/c1-3-4-16-11-6-9(14)8(13)5-10(11)15-7(2)12(16)17/h5-7,15H,3-4H2,1-2H3. The Morgan fingerprint density at radius 2 is 2.00 bits per heavy atom. The van der Waals surface area contributed by atoms with Crippen LogP contribution in [0.15, 0.2) is 12.1 Å². The Bertz CT molecular complexity index is 462. The summed E-state index contributed by atoms with van der Waals surface area (Å²) in [4.78, 5) is 13.8. The number of fused-ring (bicyclic) bond motifs is 1. The molecule has 0 aromatic heterocycles. The largest absolute Gasteiger partial charge is 0.372 e. The summed E-state index contributed by atoms with van der Waals surface area (Å²) >= 11 is 12.0. The number of anilines is 2. The number of nitrogens with one attached hydrogen (secondary N) is 1. The summed E-state index contributed by atoms with van der Waals surface area (Å²) in [5, 5.41) is 4.10. The Labute approximate surface area is 111 Å². The summed E-state index contributed by atoms with van der Waals surface area (Å²) in [5.74, 6) is 0.0674. The molecule has 1 atom stereocenters. The van der Waals surface area contributed by atoms with Crippen LogP contribution in [0, 0.1) is 0 Å². The van der Waals surface area contributed by atoms with Gasteiger partial charge in [-0.05, 0) is 25.5 Å². The maximum atomic E-state index is 12.1. The second-order valence-electron chi connectivity index (χ2n) is 4.14. The van der Waals surface area contributed by atoms with E-state index in [0.717, 1.165) is 17.8 Å². The van der Waals surface area contributed by atoms with Crippen LogP contribution in [0.1, 0.15) is 20.3 Å². The van der Waals surface area contributed by atoms with Crippen LogP contribution in [0.25, 0.3) is 0 Å². The van der Waals surface area contributed by atoms with Gasteiger partial charge in [0.15, 0.2) is 0 Å². The van der Waals surface area contributed by atoms with Gasteiger partial charge in [-0.15, -0.1) is 0 Å². The fourth-order valence-corrected chi connectivity index (χ4v) is 2.30. The zero-order chi connectivity index (χ0) is 12.6. The number of hydrogen-bond acceptors (Lipinski definition) is 2. The lowest BCUT2D eigenvalue weighted by Crippen LogP contribution is -2.46. The van der Waals surface area contributed by atoms with Crippen LogP contribution in [0.4, 0.5) is 11.4 Å². The predicted octanol–water partition coefficient (Wildman–Crippen LogP) is 3.55. The molecule has 17 heavy (non-hydrogen) atoms. The molecule has 0 fully saturated rings. The Kier molecular flexibility index (Phi) is 3.50. The van der Waals surface area contributed by atoms with Crippen LogP contribution in [-0.2, 0) is 4.79 Å². The summed E-state index contributed by atoms with van der Waals surface area (Å²) in [6.45, 7) is 4.57. The van der Waals surface area contributed by atoms with Gasteiger partial charge in [-0.3, -0.25) is 4.79 Å². The van der Waals surface area contributed by atoms with Gasteiger partial charge in [0.1, 0.15) is 6.04 Å². The van der Waals surface area contributed by atoms with Gasteiger partial charge in [0.05, 0.1) is 21.4 Å². The molecule has 0 spiro atoms. The normalized spacial score (nSPS) is 18.9. The molecule has 1 amide bonds. The molecule has 1 aliphatic heterocycles. The van der Waals surface area contributed by atoms with E-state index in [-0.39, 0.29) is 11.9 Å². The number of halogens is 2. The maximum Gasteiger partial charge on any atom is 0.249 e. The van der Waals surface area contributed by atoms with Gasteiger partial charge in [-0.2, -0.15) is 0 Å². The molecule has 0 saturated heterocycles. The number of hydrogen-bond donors (Lipinski definition) is 1. The van der Waals surface area contributed by atoms with Crippen LogP contribution in [-0.4, -0.2) is 18.5 Å². The van der Waals surface area contributed by atoms with Crippen molar-refractivity contribution in [3.05, 3.63) is 22.2 Å². The van der Waals surface area contributed by atoms with Crippen molar-refractivity contribution in [3.63, 3.8) is 0 Å². The molecule has 1 aromatic rings. The average Bonchev–Trinajstić information content (AvgIpc) is 2.28. The lowest BCUT2D eigenvalue weighted by molar-refractivity contribution is -0.119. The summed E-state index contributed by atoms with van der Waals surface area (Å²) in [7, 11) is 0. The molecule has 0 radical (unpaired) electrons. The molecule has 0 bridgehead atoms. The van der Waals surface area contributed by atoms with E-state index >= 15 is 0 Å². The lowest BCUT2D eigenvalue weighted by atomic mass is 10.1. The van der Waals surface area contributed by atoms with E-state index in [4.69, 9.17) is 23.2 Å². The number of benzene rings is 1. The molecule has 2 rings (SSSR count). The fraction of sp³-hybridized carbons (Fsp3) is 0.417. The lowest BCUT2D eigenvalue weighted by Gasteiger charge is -2.34. The fourth-order valence-electron chi connectivity index (χ4n) is 1.98. The van der Waals surface area contributed by atoms with Crippen molar-refractivity contribution in [2.45, 2.75) is 26.3 Å². The Hall–Kier alpha value is -0.930. The van der Waals surface area contributed by atoms with Crippen molar-refractivity contribution in [1.82, 2.24) is 0 Å². The van der Waals surface area contributed by atoms with Crippen LogP contribution in [0.2, 0.25) is 10.0 Å². The second-order valence-corrected chi connectivity index (χ2v) is 4.95. The zero-order valence-corrected chi connectivity index (χ0v) is 11.3. The number of rotatable bonds is 2. The van der Waals surface area contributed by atoms with Gasteiger partial charge < -0.3 is 10.2 Å². The van der Waals surface area contributed by atoms with Gasteiger partial charge in [0.2, 0.25) is 5.91 Å². The number of nitrogens with zero attached hydrogens (tertiary/aromatic N) is 1. The number of amides is 1. The predicted molar refractivity (Wildman–Crippen MR) is 72.2 cm³/mol. The summed E-state index contributed by atoms with van der Waals surface area (Å²) in [6.07, 6.45) is 0.901. The van der Waals surface area contributed by atoms with Crippen molar-refractivity contribution >= 4 is 40.5 Å². The van der Waals surface area contributed by atoms with Crippen LogP contribution in [0.3, 0.4) is 0 Å². The minimum Gasteiger partial charge on any atom is -0.372 e. The molecule has 1 unspecified atom stereocenters. The van der Waals surface area contributed by atoms with Crippen molar-refractivity contribution in [3.8, 4) is 0 Å². The number of carbonyl (C=O) groups excluding carboxylic acids is 1. The minimum absolute atomic E-state index is 0.0674. The third kappa shape index (κ3) is 2.22. The van der Waals surface area contributed by atoms with E-state index in [1.165, 1.54) is 0 Å². The summed E-state index contributed by atoms with van der Waals surface area (Å²) < 4.78 is 0. The van der Waals surface area contributed by atoms with Crippen molar-refractivity contribution < 1.29 is 4.79 Å². The SMILES string of the molecule is CCCN1C(=O)C(C)Nc2cc(Cl)c(Cl)cc21. The molecule has 0 saturated carbocycles. The number of carbonyl (C=O) groups is 1.